The average molecular weight is 253 g/mol. The maximum absolute atomic E-state index is 13.2. The molecule has 5 nitrogen and oxygen atoms in total. The topological polar surface area (TPSA) is 84.2 Å². The van der Waals surface area contributed by atoms with E-state index in [1.54, 1.807) is 0 Å². The van der Waals surface area contributed by atoms with Gasteiger partial charge in [-0.1, -0.05) is 6.92 Å². The highest BCUT2D eigenvalue weighted by Crippen LogP contribution is 2.14. The second kappa shape index (κ2) is 6.00. The Kier molecular flexibility index (Phi) is 4.65. The molecule has 0 aliphatic rings. The van der Waals surface area contributed by atoms with E-state index >= 15 is 0 Å². The van der Waals surface area contributed by atoms with E-state index in [0.29, 0.717) is 5.69 Å². The van der Waals surface area contributed by atoms with Crippen molar-refractivity contribution in [1.82, 2.24) is 5.32 Å². The summed E-state index contributed by atoms with van der Waals surface area (Å²) in [6.07, 6.45) is 0.795. The van der Waals surface area contributed by atoms with Crippen LogP contribution in [-0.2, 0) is 0 Å². The van der Waals surface area contributed by atoms with Gasteiger partial charge in [0.05, 0.1) is 5.56 Å². The van der Waals surface area contributed by atoms with Gasteiger partial charge in [-0.05, 0) is 31.5 Å². The first kappa shape index (κ1) is 14.0. The highest BCUT2D eigenvalue weighted by Gasteiger charge is 2.11. The smallest absolute Gasteiger partial charge is 0.319 e. The van der Waals surface area contributed by atoms with E-state index in [0.717, 1.165) is 12.5 Å². The van der Waals surface area contributed by atoms with Crippen molar-refractivity contribution < 1.29 is 14.0 Å². The first-order valence-corrected chi connectivity index (χ1v) is 5.61. The Labute approximate surface area is 105 Å². The quantitative estimate of drug-likeness (QED) is 0.765. The number of primary amides is 1. The van der Waals surface area contributed by atoms with Crippen LogP contribution in [0.2, 0.25) is 0 Å². The molecule has 1 aromatic rings. The number of amides is 3. The molecular formula is C12H16FN3O2. The Morgan fingerprint density at radius 1 is 1.44 bits per heavy atom. The third-order valence-corrected chi connectivity index (χ3v) is 2.48. The van der Waals surface area contributed by atoms with Crippen LogP contribution in [0.25, 0.3) is 0 Å². The van der Waals surface area contributed by atoms with Crippen LogP contribution >= 0.6 is 0 Å². The minimum absolute atomic E-state index is 0.0288. The van der Waals surface area contributed by atoms with Crippen molar-refractivity contribution in [3.8, 4) is 0 Å². The van der Waals surface area contributed by atoms with E-state index < -0.39 is 17.8 Å². The SMILES string of the molecule is CC[C@H](C)NC(=O)Nc1ccc(F)c(C(N)=O)c1. The minimum atomic E-state index is -0.876. The number of hydrogen-bond acceptors (Lipinski definition) is 2. The Bertz CT molecular complexity index is 463. The number of nitrogens with two attached hydrogens (primary N) is 1. The fraction of sp³-hybridized carbons (Fsp3) is 0.333. The third-order valence-electron chi connectivity index (χ3n) is 2.48. The summed E-state index contributed by atoms with van der Waals surface area (Å²) in [7, 11) is 0. The molecule has 0 spiro atoms. The molecule has 18 heavy (non-hydrogen) atoms. The first-order valence-electron chi connectivity index (χ1n) is 5.61. The van der Waals surface area contributed by atoms with E-state index in [9.17, 15) is 14.0 Å². The second-order valence-electron chi connectivity index (χ2n) is 3.97. The Morgan fingerprint density at radius 3 is 2.67 bits per heavy atom. The summed E-state index contributed by atoms with van der Waals surface area (Å²) in [5.41, 5.74) is 5.07. The fourth-order valence-corrected chi connectivity index (χ4v) is 1.28. The van der Waals surface area contributed by atoms with Gasteiger partial charge in [-0.3, -0.25) is 4.79 Å². The summed E-state index contributed by atoms with van der Waals surface area (Å²) in [6.45, 7) is 3.80. The molecule has 0 aliphatic carbocycles. The number of benzene rings is 1. The molecule has 0 saturated carbocycles. The zero-order valence-electron chi connectivity index (χ0n) is 10.3. The predicted octanol–water partition coefficient (Wildman–Crippen LogP) is 1.84. The van der Waals surface area contributed by atoms with Gasteiger partial charge in [0.15, 0.2) is 0 Å². The molecule has 1 aromatic carbocycles. The first-order chi connectivity index (χ1) is 8.43. The van der Waals surface area contributed by atoms with Crippen molar-refractivity contribution in [2.75, 3.05) is 5.32 Å². The molecule has 1 rings (SSSR count). The number of anilines is 1. The zero-order valence-corrected chi connectivity index (χ0v) is 10.3. The van der Waals surface area contributed by atoms with Gasteiger partial charge in [-0.2, -0.15) is 0 Å². The van der Waals surface area contributed by atoms with Gasteiger partial charge >= 0.3 is 6.03 Å². The molecule has 3 amide bonds. The number of hydrogen-bond donors (Lipinski definition) is 3. The second-order valence-corrected chi connectivity index (χ2v) is 3.97. The average Bonchev–Trinajstić information content (AvgIpc) is 2.31. The van der Waals surface area contributed by atoms with Crippen molar-refractivity contribution in [2.45, 2.75) is 26.3 Å². The monoisotopic (exact) mass is 253 g/mol. The van der Waals surface area contributed by atoms with Gasteiger partial charge in [0.1, 0.15) is 5.82 Å². The van der Waals surface area contributed by atoms with Crippen LogP contribution in [0.15, 0.2) is 18.2 Å². The molecule has 1 atom stereocenters. The normalized spacial score (nSPS) is 11.7. The Hall–Kier alpha value is -2.11. The molecule has 4 N–H and O–H groups in total. The lowest BCUT2D eigenvalue weighted by Gasteiger charge is -2.12. The zero-order chi connectivity index (χ0) is 13.7. The van der Waals surface area contributed by atoms with Gasteiger partial charge in [-0.15, -0.1) is 0 Å². The summed E-state index contributed by atoms with van der Waals surface area (Å²) >= 11 is 0. The van der Waals surface area contributed by atoms with E-state index in [-0.39, 0.29) is 11.6 Å². The van der Waals surface area contributed by atoms with Crippen molar-refractivity contribution in [2.24, 2.45) is 5.73 Å². The van der Waals surface area contributed by atoms with Gasteiger partial charge < -0.3 is 16.4 Å². The molecule has 0 aliphatic heterocycles. The van der Waals surface area contributed by atoms with Crippen molar-refractivity contribution in [3.05, 3.63) is 29.6 Å². The highest BCUT2D eigenvalue weighted by atomic mass is 19.1. The number of halogens is 1. The van der Waals surface area contributed by atoms with Gasteiger partial charge in [0.25, 0.3) is 5.91 Å². The van der Waals surface area contributed by atoms with Gasteiger partial charge in [0.2, 0.25) is 0 Å². The number of carbonyl (C=O) groups excluding carboxylic acids is 2. The Balaban J connectivity index is 2.76. The molecule has 0 fully saturated rings. The third kappa shape index (κ3) is 3.73. The maximum atomic E-state index is 13.2. The van der Waals surface area contributed by atoms with Crippen LogP contribution < -0.4 is 16.4 Å². The minimum Gasteiger partial charge on any atom is -0.366 e. The molecule has 98 valence electrons. The summed E-state index contributed by atoms with van der Waals surface area (Å²) in [6, 6.07) is 3.26. The number of rotatable bonds is 4. The lowest BCUT2D eigenvalue weighted by molar-refractivity contribution is 0.0996. The maximum Gasteiger partial charge on any atom is 0.319 e. The largest absolute Gasteiger partial charge is 0.366 e. The highest BCUT2D eigenvalue weighted by molar-refractivity contribution is 5.96. The van der Waals surface area contributed by atoms with Crippen LogP contribution in [0.4, 0.5) is 14.9 Å². The summed E-state index contributed by atoms with van der Waals surface area (Å²) < 4.78 is 13.2. The summed E-state index contributed by atoms with van der Waals surface area (Å²) in [5, 5.41) is 5.19. The van der Waals surface area contributed by atoms with Gasteiger partial charge in [-0.25, -0.2) is 9.18 Å². The number of carbonyl (C=O) groups is 2. The van der Waals surface area contributed by atoms with Crippen LogP contribution in [-0.4, -0.2) is 18.0 Å². The van der Waals surface area contributed by atoms with E-state index in [2.05, 4.69) is 10.6 Å². The molecular weight excluding hydrogens is 237 g/mol. The summed E-state index contributed by atoms with van der Waals surface area (Å²) in [5.74, 6) is -1.59. The van der Waals surface area contributed by atoms with E-state index in [1.807, 2.05) is 13.8 Å². The molecule has 0 radical (unpaired) electrons. The van der Waals surface area contributed by atoms with E-state index in [4.69, 9.17) is 5.73 Å². The fourth-order valence-electron chi connectivity index (χ4n) is 1.28. The molecule has 0 unspecified atom stereocenters. The van der Waals surface area contributed by atoms with Crippen molar-refractivity contribution in [1.29, 1.82) is 0 Å². The molecule has 0 heterocycles. The number of urea groups is 1. The number of nitrogens with one attached hydrogen (secondary N) is 2. The molecule has 0 aromatic heterocycles. The van der Waals surface area contributed by atoms with Crippen LogP contribution in [0.3, 0.4) is 0 Å². The molecule has 0 bridgehead atoms. The standard InChI is InChI=1S/C12H16FN3O2/c1-3-7(2)15-12(18)16-8-4-5-10(13)9(6-8)11(14)17/h4-7H,3H2,1-2H3,(H2,14,17)(H2,15,16,18)/t7-/m0/s1. The van der Waals surface area contributed by atoms with Crippen molar-refractivity contribution >= 4 is 17.6 Å². The van der Waals surface area contributed by atoms with Gasteiger partial charge in [0, 0.05) is 11.7 Å². The van der Waals surface area contributed by atoms with Crippen LogP contribution in [0, 0.1) is 5.82 Å². The van der Waals surface area contributed by atoms with Crippen LogP contribution in [0.1, 0.15) is 30.6 Å². The van der Waals surface area contributed by atoms with E-state index in [1.165, 1.54) is 12.1 Å². The predicted molar refractivity (Wildman–Crippen MR) is 66.8 cm³/mol. The lowest BCUT2D eigenvalue weighted by atomic mass is 10.2. The van der Waals surface area contributed by atoms with Crippen LogP contribution in [0.5, 0.6) is 0 Å². The Morgan fingerprint density at radius 2 is 2.11 bits per heavy atom. The molecule has 0 saturated heterocycles. The summed E-state index contributed by atoms with van der Waals surface area (Å²) in [4.78, 5) is 22.5. The van der Waals surface area contributed by atoms with Crippen molar-refractivity contribution in [3.63, 3.8) is 0 Å². The molecule has 6 heteroatoms. The lowest BCUT2D eigenvalue weighted by Crippen LogP contribution is -2.35.